The normalized spacial score (nSPS) is 24.2. The lowest BCUT2D eigenvalue weighted by atomic mass is 9.47. The first-order valence-electron chi connectivity index (χ1n) is 14.5. The van der Waals surface area contributed by atoms with Crippen molar-refractivity contribution in [2.75, 3.05) is 4.90 Å². The minimum Gasteiger partial charge on any atom is -0.507 e. The molecule has 14 heteroatoms. The number of phenolic OH excluding ortho intramolecular Hbond substituents is 1. The van der Waals surface area contributed by atoms with E-state index in [1.807, 2.05) is 23.5 Å². The summed E-state index contributed by atoms with van der Waals surface area (Å²) >= 11 is 0. The van der Waals surface area contributed by atoms with Gasteiger partial charge in [0.25, 0.3) is 0 Å². The van der Waals surface area contributed by atoms with Gasteiger partial charge in [0.1, 0.15) is 58.6 Å². The molecule has 0 radical (unpaired) electrons. The maximum atomic E-state index is 15.5. The number of rotatable bonds is 7. The summed E-state index contributed by atoms with van der Waals surface area (Å²) in [5, 5.41) is 18.9. The highest BCUT2D eigenvalue weighted by Gasteiger charge is 2.51. The van der Waals surface area contributed by atoms with Gasteiger partial charge in [0.15, 0.2) is 11.6 Å². The van der Waals surface area contributed by atoms with E-state index in [0.717, 1.165) is 12.8 Å². The lowest BCUT2D eigenvalue weighted by Gasteiger charge is -2.50. The average Bonchev–Trinajstić information content (AvgIpc) is 3.07. The predicted molar refractivity (Wildman–Crippen MR) is 175 cm³/mol. The number of ether oxygens (including phenoxy) is 1. The van der Waals surface area contributed by atoms with Gasteiger partial charge in [-0.2, -0.15) is 0 Å². The molecule has 0 saturated heterocycles. The molecule has 2 aliphatic rings. The summed E-state index contributed by atoms with van der Waals surface area (Å²) in [7, 11) is 12.1. The number of fused-ring (bicyclic) bond motifs is 2. The van der Waals surface area contributed by atoms with Crippen LogP contribution in [0.25, 0.3) is 22.4 Å². The zero-order valence-electron chi connectivity index (χ0n) is 25.5. The van der Waals surface area contributed by atoms with Gasteiger partial charge in [-0.3, -0.25) is 0 Å². The number of hydrogen-bond donors (Lipinski definition) is 1. The Labute approximate surface area is 246 Å². The number of phenols is 1. The summed E-state index contributed by atoms with van der Waals surface area (Å²) in [5.74, 6) is -1.73. The molecule has 1 N–H and O–H groups in total. The first-order chi connectivity index (χ1) is 19.0. The van der Waals surface area contributed by atoms with Gasteiger partial charge in [-0.1, -0.05) is 13.8 Å². The van der Waals surface area contributed by atoms with Gasteiger partial charge in [-0.25, -0.2) is 13.8 Å². The van der Waals surface area contributed by atoms with Crippen LogP contribution in [0.4, 0.5) is 14.6 Å². The van der Waals surface area contributed by atoms with Crippen LogP contribution in [0.3, 0.4) is 0 Å². The van der Waals surface area contributed by atoms with E-state index in [9.17, 15) is 5.11 Å². The smallest absolute Gasteiger partial charge is 0.212 e. The number of benzene rings is 1. The van der Waals surface area contributed by atoms with Gasteiger partial charge < -0.3 is 14.7 Å². The number of pyridine rings is 1. The molecular formula is C27H36B6F2N4O2. The third-order valence-electron chi connectivity index (χ3n) is 8.53. The molecule has 208 valence electrons. The first-order valence-corrected chi connectivity index (χ1v) is 14.5. The van der Waals surface area contributed by atoms with Crippen LogP contribution < -0.4 is 9.64 Å². The maximum absolute atomic E-state index is 15.5. The van der Waals surface area contributed by atoms with E-state index in [1.54, 1.807) is 18.2 Å². The van der Waals surface area contributed by atoms with Crippen LogP contribution in [-0.4, -0.2) is 83.9 Å². The third kappa shape index (κ3) is 6.02. The Morgan fingerprint density at radius 2 is 1.61 bits per heavy atom. The minimum atomic E-state index is -1.19. The lowest BCUT2D eigenvalue weighted by Crippen LogP contribution is -2.58. The van der Waals surface area contributed by atoms with Crippen LogP contribution >= 0.6 is 0 Å². The van der Waals surface area contributed by atoms with E-state index >= 15 is 8.78 Å². The highest BCUT2D eigenvalue weighted by atomic mass is 19.2. The molecule has 2 heterocycles. The zero-order chi connectivity index (χ0) is 30.0. The number of aromatic hydroxyl groups is 1. The van der Waals surface area contributed by atoms with E-state index in [-0.39, 0.29) is 27.9 Å². The summed E-state index contributed by atoms with van der Waals surface area (Å²) in [6.07, 6.45) is 7.37. The van der Waals surface area contributed by atoms with Crippen LogP contribution in [0.1, 0.15) is 46.0 Å². The molecular weight excluding hydrogens is 515 g/mol. The monoisotopic (exact) mass is 552 g/mol. The maximum Gasteiger partial charge on any atom is 0.212 e. The fourth-order valence-electron chi connectivity index (χ4n) is 7.23. The molecule has 2 aliphatic carbocycles. The molecule has 5 rings (SSSR count). The van der Waals surface area contributed by atoms with Gasteiger partial charge in [0.2, 0.25) is 5.88 Å². The summed E-state index contributed by atoms with van der Waals surface area (Å²) in [6.45, 7) is 4.79. The zero-order valence-corrected chi connectivity index (χ0v) is 25.5. The van der Waals surface area contributed by atoms with Crippen molar-refractivity contribution in [3.63, 3.8) is 0 Å². The molecule has 2 aromatic heterocycles. The molecule has 3 atom stereocenters. The Morgan fingerprint density at radius 3 is 2.17 bits per heavy atom. The molecule has 41 heavy (non-hydrogen) atoms. The summed E-state index contributed by atoms with van der Waals surface area (Å²) in [5.41, 5.74) is 0.626. The molecule has 2 bridgehead atoms. The van der Waals surface area contributed by atoms with E-state index in [2.05, 4.69) is 57.5 Å². The predicted octanol–water partition coefficient (Wildman–Crippen LogP) is -0.245. The molecule has 0 aliphatic heterocycles. The van der Waals surface area contributed by atoms with Gasteiger partial charge in [0, 0.05) is 29.2 Å². The Hall–Kier alpha value is -2.90. The van der Waals surface area contributed by atoms with Gasteiger partial charge in [0.05, 0.1) is 11.3 Å². The molecule has 2 saturated carbocycles. The second-order valence-corrected chi connectivity index (χ2v) is 14.7. The average molecular weight is 551 g/mol. The molecule has 6 nitrogen and oxygen atoms in total. The topological polar surface area (TPSA) is 71.4 Å². The molecule has 1 aromatic carbocycles. The molecule has 3 aromatic rings. The molecule has 2 fully saturated rings. The third-order valence-corrected chi connectivity index (χ3v) is 8.53. The molecule has 0 amide bonds. The van der Waals surface area contributed by atoms with E-state index in [0.29, 0.717) is 28.3 Å². The van der Waals surface area contributed by atoms with Crippen molar-refractivity contribution in [2.45, 2.75) is 62.5 Å². The minimum absolute atomic E-state index is 0.0668. The fraction of sp³-hybridized carbons (Fsp3) is 0.444. The standard InChI is InChI=1S/C27H36B6F2N4O2/c1-24-6-7-25(2,13-24)12-15(11-24)39(26(28,29)30)19-4-3-17(37-38-19)21-18(40)10-16(22(34)23(21)35)14-5-8-36-20(9-14)41-27(31,32)33/h3-5,8-10,15,40H,6-7,11-13,28-33H2,1-2H3/t15-,24-,25+. The van der Waals surface area contributed by atoms with Gasteiger partial charge in [-0.15, -0.1) is 10.2 Å². The van der Waals surface area contributed by atoms with Crippen LogP contribution in [0.5, 0.6) is 11.6 Å². The number of aromatic nitrogens is 3. The lowest BCUT2D eigenvalue weighted by molar-refractivity contribution is 0.145. The van der Waals surface area contributed by atoms with Crippen molar-refractivity contribution >= 4 is 52.9 Å². The number of halogens is 2. The van der Waals surface area contributed by atoms with Crippen molar-refractivity contribution < 1.29 is 18.6 Å². The Morgan fingerprint density at radius 1 is 0.951 bits per heavy atom. The van der Waals surface area contributed by atoms with Crippen LogP contribution in [-0.2, 0) is 0 Å². The van der Waals surface area contributed by atoms with Crippen molar-refractivity contribution in [1.82, 2.24) is 15.2 Å². The second-order valence-electron chi connectivity index (χ2n) is 14.7. The summed E-state index contributed by atoms with van der Waals surface area (Å²) in [4.78, 5) is 6.50. The van der Waals surface area contributed by atoms with E-state index in [4.69, 9.17) is 4.74 Å². The highest BCUT2D eigenvalue weighted by molar-refractivity contribution is 6.61. The van der Waals surface area contributed by atoms with Crippen molar-refractivity contribution in [3.05, 3.63) is 48.2 Å². The van der Waals surface area contributed by atoms with E-state index < -0.39 is 22.7 Å². The Balaban J connectivity index is 1.47. The first kappa shape index (κ1) is 29.6. The fourth-order valence-corrected chi connectivity index (χ4v) is 7.23. The summed E-state index contributed by atoms with van der Waals surface area (Å²) < 4.78 is 36.7. The number of nitrogens with zero attached hydrogens (tertiary/aromatic N) is 4. The second kappa shape index (κ2) is 10.1. The quantitative estimate of drug-likeness (QED) is 0.409. The van der Waals surface area contributed by atoms with E-state index in [1.165, 1.54) is 37.6 Å². The van der Waals surface area contributed by atoms with Crippen LogP contribution in [0.15, 0.2) is 36.5 Å². The number of anilines is 1. The molecule has 0 spiro atoms. The largest absolute Gasteiger partial charge is 0.507 e. The Kier molecular flexibility index (Phi) is 7.31. The summed E-state index contributed by atoms with van der Waals surface area (Å²) in [6, 6.07) is 7.99. The highest BCUT2D eigenvalue weighted by Crippen LogP contribution is 2.59. The van der Waals surface area contributed by atoms with Crippen molar-refractivity contribution in [2.24, 2.45) is 10.8 Å². The van der Waals surface area contributed by atoms with Crippen LogP contribution in [0.2, 0.25) is 0 Å². The molecule has 0 unspecified atom stereocenters. The number of hydrogen-bond acceptors (Lipinski definition) is 6. The SMILES string of the molecule is BC(B)(B)Oc1cc(-c2cc(O)c(-c3ccc(N([C@H]4C[C@]5(C)CC[C@](C)(C4)C5)C(B)(B)B)nn3)c(F)c2F)ccn1. The van der Waals surface area contributed by atoms with Crippen molar-refractivity contribution in [1.29, 1.82) is 0 Å². The van der Waals surface area contributed by atoms with Gasteiger partial charge in [-0.05, 0) is 78.0 Å². The van der Waals surface area contributed by atoms with Crippen LogP contribution in [0, 0.1) is 22.5 Å². The van der Waals surface area contributed by atoms with Gasteiger partial charge >= 0.3 is 0 Å². The van der Waals surface area contributed by atoms with Crippen molar-refractivity contribution in [3.8, 4) is 34.0 Å². The Bertz CT molecular complexity index is 1450.